The normalized spacial score (nSPS) is 11.2. The number of nitrogens with zero attached hydrogens (tertiary/aromatic N) is 2. The molecule has 0 spiro atoms. The topological polar surface area (TPSA) is 83.8 Å². The molecule has 3 aromatic rings. The number of rotatable bonds is 6. The van der Waals surface area contributed by atoms with Crippen molar-refractivity contribution < 1.29 is 14.6 Å². The molecular weight excluding hydrogens is 386 g/mol. The number of phenolic OH excluding ortho intramolecular Hbond substituents is 1. The maximum absolute atomic E-state index is 12.2. The average Bonchev–Trinajstić information content (AvgIpc) is 2.68. The van der Waals surface area contributed by atoms with Gasteiger partial charge >= 0.3 is 0 Å². The van der Waals surface area contributed by atoms with Crippen molar-refractivity contribution in [3.63, 3.8) is 0 Å². The van der Waals surface area contributed by atoms with Crippen LogP contribution in [0.1, 0.15) is 22.4 Å². The molecule has 2 aromatic carbocycles. The number of amides is 1. The molecule has 0 saturated carbocycles. The van der Waals surface area contributed by atoms with Crippen molar-refractivity contribution in [2.24, 2.45) is 5.10 Å². The molecule has 0 radical (unpaired) electrons. The minimum Gasteiger partial charge on any atom is -0.504 e. The summed E-state index contributed by atoms with van der Waals surface area (Å²) in [5.74, 6) is 0.307. The minimum absolute atomic E-state index is 0.0214. The molecular formula is C22H23N3O3S. The Labute approximate surface area is 174 Å². The fourth-order valence-electron chi connectivity index (χ4n) is 3.05. The van der Waals surface area contributed by atoms with Gasteiger partial charge in [-0.25, -0.2) is 5.43 Å². The predicted molar refractivity (Wildman–Crippen MR) is 117 cm³/mol. The first kappa shape index (κ1) is 20.7. The number of para-hydroxylation sites is 1. The molecule has 0 aliphatic heterocycles. The number of thioether (sulfide) groups is 1. The fraction of sp³-hybridized carbons (Fsp3) is 0.227. The largest absolute Gasteiger partial charge is 0.504 e. The first-order valence-electron chi connectivity index (χ1n) is 9.08. The molecule has 150 valence electrons. The number of phenols is 1. The van der Waals surface area contributed by atoms with Crippen LogP contribution in [0.2, 0.25) is 0 Å². The van der Waals surface area contributed by atoms with Crippen molar-refractivity contribution in [3.8, 4) is 11.5 Å². The lowest BCUT2D eigenvalue weighted by atomic mass is 10.1. The third-order valence-corrected chi connectivity index (χ3v) is 5.40. The molecule has 0 fully saturated rings. The van der Waals surface area contributed by atoms with Crippen LogP contribution in [0.25, 0.3) is 10.9 Å². The van der Waals surface area contributed by atoms with E-state index in [1.807, 2.05) is 19.9 Å². The van der Waals surface area contributed by atoms with Crippen LogP contribution >= 0.6 is 11.8 Å². The summed E-state index contributed by atoms with van der Waals surface area (Å²) >= 11 is 1.45. The summed E-state index contributed by atoms with van der Waals surface area (Å²) in [6.07, 6.45) is 1.39. The summed E-state index contributed by atoms with van der Waals surface area (Å²) in [4.78, 5) is 17.9. The smallest absolute Gasteiger partial charge is 0.250 e. The van der Waals surface area contributed by atoms with Gasteiger partial charge < -0.3 is 9.84 Å². The van der Waals surface area contributed by atoms with Crippen molar-refractivity contribution in [2.75, 3.05) is 12.9 Å². The number of carbonyl (C=O) groups is 1. The van der Waals surface area contributed by atoms with E-state index in [1.54, 1.807) is 18.2 Å². The number of aromatic nitrogens is 1. The lowest BCUT2D eigenvalue weighted by Gasteiger charge is -2.10. The van der Waals surface area contributed by atoms with Crippen LogP contribution in [0.4, 0.5) is 0 Å². The highest BCUT2D eigenvalue weighted by molar-refractivity contribution is 8.00. The van der Waals surface area contributed by atoms with Gasteiger partial charge in [0.25, 0.3) is 0 Å². The van der Waals surface area contributed by atoms with Gasteiger partial charge in [-0.05, 0) is 50.6 Å². The minimum atomic E-state index is -0.236. The zero-order valence-corrected chi connectivity index (χ0v) is 17.6. The highest BCUT2D eigenvalue weighted by Gasteiger charge is 2.10. The van der Waals surface area contributed by atoms with Crippen molar-refractivity contribution in [3.05, 3.63) is 58.8 Å². The number of hydrogen-bond donors (Lipinski definition) is 2. The van der Waals surface area contributed by atoms with Crippen LogP contribution in [0.15, 0.2) is 46.4 Å². The van der Waals surface area contributed by atoms with E-state index in [2.05, 4.69) is 34.6 Å². The maximum atomic E-state index is 12.2. The van der Waals surface area contributed by atoms with Gasteiger partial charge in [-0.2, -0.15) is 5.10 Å². The average molecular weight is 410 g/mol. The van der Waals surface area contributed by atoms with Gasteiger partial charge in [-0.15, -0.1) is 11.8 Å². The number of benzene rings is 2. The molecule has 0 unspecified atom stereocenters. The first-order chi connectivity index (χ1) is 13.9. The fourth-order valence-corrected chi connectivity index (χ4v) is 3.97. The van der Waals surface area contributed by atoms with E-state index < -0.39 is 0 Å². The Morgan fingerprint density at radius 2 is 2.07 bits per heavy atom. The molecule has 0 atom stereocenters. The SMILES string of the molecule is COc1cccc(C=NNC(=O)CSc2cc(C)nc3c(C)cc(C)cc23)c1O. The zero-order chi connectivity index (χ0) is 21.0. The first-order valence-corrected chi connectivity index (χ1v) is 10.1. The second-order valence-electron chi connectivity index (χ2n) is 6.72. The van der Waals surface area contributed by atoms with Gasteiger partial charge in [0.05, 0.1) is 24.6 Å². The third kappa shape index (κ3) is 4.86. The lowest BCUT2D eigenvalue weighted by molar-refractivity contribution is -0.118. The van der Waals surface area contributed by atoms with Crippen LogP contribution < -0.4 is 10.2 Å². The highest BCUT2D eigenvalue weighted by atomic mass is 32.2. The molecule has 0 bridgehead atoms. The van der Waals surface area contributed by atoms with E-state index in [4.69, 9.17) is 4.74 Å². The van der Waals surface area contributed by atoms with Crippen molar-refractivity contribution >= 4 is 34.8 Å². The predicted octanol–water partition coefficient (Wildman–Crippen LogP) is 4.12. The Morgan fingerprint density at radius 1 is 1.28 bits per heavy atom. The molecule has 7 heteroatoms. The molecule has 29 heavy (non-hydrogen) atoms. The van der Waals surface area contributed by atoms with E-state index in [1.165, 1.54) is 25.1 Å². The van der Waals surface area contributed by atoms with Crippen molar-refractivity contribution in [1.82, 2.24) is 10.4 Å². The van der Waals surface area contributed by atoms with Gasteiger partial charge in [0.2, 0.25) is 5.91 Å². The number of hydrazone groups is 1. The van der Waals surface area contributed by atoms with E-state index in [0.29, 0.717) is 11.3 Å². The highest BCUT2D eigenvalue weighted by Crippen LogP contribution is 2.30. The molecule has 6 nitrogen and oxygen atoms in total. The summed E-state index contributed by atoms with van der Waals surface area (Å²) in [7, 11) is 1.47. The standard InChI is InChI=1S/C22H23N3O3S/c1-13-8-14(2)21-17(9-13)19(10-15(3)24-21)29-12-20(26)25-23-11-16-6-5-7-18(28-4)22(16)27/h5-11,27H,12H2,1-4H3,(H,25,26). The van der Waals surface area contributed by atoms with E-state index in [0.717, 1.165) is 32.6 Å². The Balaban J connectivity index is 1.69. The molecule has 0 aliphatic carbocycles. The van der Waals surface area contributed by atoms with E-state index in [9.17, 15) is 9.90 Å². The van der Waals surface area contributed by atoms with Gasteiger partial charge in [0, 0.05) is 21.5 Å². The molecule has 1 amide bonds. The quantitative estimate of drug-likeness (QED) is 0.364. The lowest BCUT2D eigenvalue weighted by Crippen LogP contribution is -2.19. The summed E-state index contributed by atoms with van der Waals surface area (Å²) in [5.41, 5.74) is 7.11. The Kier molecular flexibility index (Phi) is 6.39. The summed E-state index contributed by atoms with van der Waals surface area (Å²) in [6.45, 7) is 6.05. The second-order valence-corrected chi connectivity index (χ2v) is 7.74. The molecule has 2 N–H and O–H groups in total. The monoisotopic (exact) mass is 409 g/mol. The van der Waals surface area contributed by atoms with Crippen LogP contribution in [0.5, 0.6) is 11.5 Å². The van der Waals surface area contributed by atoms with E-state index in [-0.39, 0.29) is 17.4 Å². The Morgan fingerprint density at radius 3 is 2.83 bits per heavy atom. The van der Waals surface area contributed by atoms with Crippen LogP contribution in [-0.4, -0.2) is 35.1 Å². The number of carbonyl (C=O) groups excluding carboxylic acids is 1. The van der Waals surface area contributed by atoms with E-state index >= 15 is 0 Å². The van der Waals surface area contributed by atoms with Gasteiger partial charge in [-0.3, -0.25) is 9.78 Å². The zero-order valence-electron chi connectivity index (χ0n) is 16.8. The summed E-state index contributed by atoms with van der Waals surface area (Å²) < 4.78 is 5.05. The van der Waals surface area contributed by atoms with Crippen LogP contribution in [-0.2, 0) is 4.79 Å². The summed E-state index contributed by atoms with van der Waals surface area (Å²) in [6, 6.07) is 11.3. The Hall–Kier alpha value is -3.06. The van der Waals surface area contributed by atoms with Crippen molar-refractivity contribution in [1.29, 1.82) is 0 Å². The number of nitrogens with one attached hydrogen (secondary N) is 1. The van der Waals surface area contributed by atoms with Crippen LogP contribution in [0, 0.1) is 20.8 Å². The number of ether oxygens (including phenoxy) is 1. The summed E-state index contributed by atoms with van der Waals surface area (Å²) in [5, 5.41) is 15.0. The molecule has 1 aromatic heterocycles. The second kappa shape index (κ2) is 8.96. The van der Waals surface area contributed by atoms with Gasteiger partial charge in [0.15, 0.2) is 11.5 Å². The van der Waals surface area contributed by atoms with Crippen molar-refractivity contribution in [2.45, 2.75) is 25.7 Å². The molecule has 0 aliphatic rings. The number of pyridine rings is 1. The molecule has 3 rings (SSSR count). The Bertz CT molecular complexity index is 1100. The number of aryl methyl sites for hydroxylation is 3. The third-order valence-electron chi connectivity index (χ3n) is 4.34. The number of hydrogen-bond acceptors (Lipinski definition) is 6. The number of fused-ring (bicyclic) bond motifs is 1. The number of methoxy groups -OCH3 is 1. The van der Waals surface area contributed by atoms with Gasteiger partial charge in [0.1, 0.15) is 0 Å². The van der Waals surface area contributed by atoms with Crippen LogP contribution in [0.3, 0.4) is 0 Å². The molecule has 1 heterocycles. The maximum Gasteiger partial charge on any atom is 0.250 e. The van der Waals surface area contributed by atoms with Gasteiger partial charge in [-0.1, -0.05) is 17.7 Å². The number of aromatic hydroxyl groups is 1. The molecule has 0 saturated heterocycles.